The Morgan fingerprint density at radius 1 is 0.765 bits per heavy atom. The largest absolute Gasteiger partial charge is 0.459 e. The molecule has 1 unspecified atom stereocenters. The van der Waals surface area contributed by atoms with Crippen LogP contribution in [0.4, 0.5) is 4.79 Å². The van der Waals surface area contributed by atoms with Crippen molar-refractivity contribution >= 4 is 35.3 Å². The molecule has 3 heterocycles. The van der Waals surface area contributed by atoms with E-state index in [0.29, 0.717) is 104 Å². The highest BCUT2D eigenvalue weighted by atomic mass is 16.6. The van der Waals surface area contributed by atoms with Gasteiger partial charge in [-0.1, -0.05) is 71.1 Å². The molecule has 4 aliphatic rings. The predicted octanol–water partition coefficient (Wildman–Crippen LogP) is 5.44. The van der Waals surface area contributed by atoms with Gasteiger partial charge < -0.3 is 78.6 Å². The zero-order valence-corrected chi connectivity index (χ0v) is 52.1. The molecule has 22 heteroatoms. The molecule has 0 aromatic carbocycles. The van der Waals surface area contributed by atoms with Crippen molar-refractivity contribution in [3.63, 3.8) is 0 Å². The van der Waals surface area contributed by atoms with Gasteiger partial charge >= 0.3 is 12.1 Å². The van der Waals surface area contributed by atoms with Crippen molar-refractivity contribution in [2.75, 3.05) is 93.4 Å². The fraction of sp³-hybridized carbons (Fsp3) is 0.778. The number of nitrogens with two attached hydrogens (primary N) is 1. The number of ether oxygens (including phenoxy) is 10. The first-order valence-corrected chi connectivity index (χ1v) is 30.9. The van der Waals surface area contributed by atoms with Gasteiger partial charge in [-0.3, -0.25) is 19.2 Å². The number of aliphatic hydroxyl groups is 3. The Morgan fingerprint density at radius 3 is 2.05 bits per heavy atom. The highest BCUT2D eigenvalue weighted by molar-refractivity contribution is 6.39. The number of hydrogen-bond acceptors (Lipinski definition) is 20. The number of aliphatic hydroxyl groups excluding tert-OH is 2. The summed E-state index contributed by atoms with van der Waals surface area (Å²) in [4.78, 5) is 85.0. The maximum absolute atomic E-state index is 14.6. The van der Waals surface area contributed by atoms with E-state index in [1.165, 1.54) is 20.1 Å². The standard InChI is InChI=1S/C63H103N3O19/c1-10-25-78-27-29-80-31-33-82-34-32-81-30-28-79-26-23-65-62(74)84-52-22-20-47(38-55(52)77-9)37-49(64)54-40-51(67)43(4)36-45(6)57(69)58(70)56(68)44(5)35-41(2)16-12-11-13-17-42(3)53(76-8)39-48-21-19-46(7)63(75,85-48)59(71)60(72)66-24-15-14-18-50(66)61(73)83-54/h11-13,16-17,36,41,43-44,46-50,52-55,57-58,69-70,75H,10,14-15,18-35,37-40,64H2,1-9H3,(H,65,74)/b13-11+,16-12+,42-17+,45-36+/t41-,43-,44-,46-,47+,48+,49-,50+,52-,53+,54+,55-,57?,58+,63-/m1/s1. The third kappa shape index (κ3) is 24.3. The van der Waals surface area contributed by atoms with Gasteiger partial charge in [0.25, 0.3) is 11.7 Å². The highest BCUT2D eigenvalue weighted by Gasteiger charge is 2.53. The summed E-state index contributed by atoms with van der Waals surface area (Å²) in [6, 6.07) is -2.21. The van der Waals surface area contributed by atoms with Crippen molar-refractivity contribution in [2.45, 2.75) is 193 Å². The van der Waals surface area contributed by atoms with E-state index in [2.05, 4.69) is 12.2 Å². The van der Waals surface area contributed by atoms with Crippen LogP contribution < -0.4 is 11.1 Å². The Bertz CT molecular complexity index is 2190. The lowest BCUT2D eigenvalue weighted by Gasteiger charge is -2.42. The number of Topliss-reactive ketones (excluding diaryl/α,β-unsaturated/α-hetero) is 3. The number of ketones is 3. The van der Waals surface area contributed by atoms with Crippen LogP contribution in [-0.4, -0.2) is 210 Å². The number of esters is 1. The molecule has 0 aromatic rings. The first-order valence-electron chi connectivity index (χ1n) is 30.9. The van der Waals surface area contributed by atoms with Crippen LogP contribution in [0.3, 0.4) is 0 Å². The smallest absolute Gasteiger partial charge is 0.407 e. The van der Waals surface area contributed by atoms with Gasteiger partial charge in [-0.15, -0.1) is 0 Å². The third-order valence-corrected chi connectivity index (χ3v) is 16.6. The molecule has 0 radical (unpaired) electrons. The van der Waals surface area contributed by atoms with Gasteiger partial charge in [0.05, 0.1) is 77.8 Å². The highest BCUT2D eigenvalue weighted by Crippen LogP contribution is 2.37. The van der Waals surface area contributed by atoms with Crippen LogP contribution in [0.25, 0.3) is 0 Å². The molecular formula is C63H103N3O19. The third-order valence-electron chi connectivity index (χ3n) is 16.6. The zero-order valence-electron chi connectivity index (χ0n) is 52.1. The van der Waals surface area contributed by atoms with E-state index < -0.39 is 114 Å². The van der Waals surface area contributed by atoms with Crippen molar-refractivity contribution in [1.82, 2.24) is 10.2 Å². The van der Waals surface area contributed by atoms with Crippen LogP contribution in [0, 0.1) is 29.6 Å². The van der Waals surface area contributed by atoms with Crippen LogP contribution in [0.15, 0.2) is 47.6 Å². The number of nitrogens with zero attached hydrogens (tertiary/aromatic N) is 1. The molecule has 1 saturated carbocycles. The first-order chi connectivity index (χ1) is 40.6. The second kappa shape index (κ2) is 38.9. The average Bonchev–Trinajstić information content (AvgIpc) is 3.55. The van der Waals surface area contributed by atoms with Gasteiger partial charge in [0.2, 0.25) is 5.79 Å². The summed E-state index contributed by atoms with van der Waals surface area (Å²) in [5.41, 5.74) is 8.00. The summed E-state index contributed by atoms with van der Waals surface area (Å²) in [6.45, 7) is 17.0. The molecule has 484 valence electrons. The lowest BCUT2D eigenvalue weighted by atomic mass is 9.80. The van der Waals surface area contributed by atoms with Gasteiger partial charge in [-0.05, 0) is 107 Å². The minimum absolute atomic E-state index is 0.0117. The predicted molar refractivity (Wildman–Crippen MR) is 316 cm³/mol. The van der Waals surface area contributed by atoms with Crippen molar-refractivity contribution in [3.8, 4) is 0 Å². The number of nitrogens with one attached hydrogen (secondary N) is 1. The number of carbonyl (C=O) groups excluding carboxylic acids is 6. The molecule has 0 spiro atoms. The molecule has 4 rings (SSSR count). The van der Waals surface area contributed by atoms with Crippen molar-refractivity contribution in [1.29, 1.82) is 0 Å². The van der Waals surface area contributed by atoms with Crippen molar-refractivity contribution < 1.29 is 91.5 Å². The number of hydrogen-bond donors (Lipinski definition) is 5. The van der Waals surface area contributed by atoms with E-state index >= 15 is 0 Å². The molecule has 1 aliphatic carbocycles. The number of allylic oxidation sites excluding steroid dienone is 6. The molecule has 3 aliphatic heterocycles. The minimum Gasteiger partial charge on any atom is -0.459 e. The van der Waals surface area contributed by atoms with E-state index in [4.69, 9.17) is 53.1 Å². The van der Waals surface area contributed by atoms with E-state index in [1.807, 2.05) is 44.2 Å². The van der Waals surface area contributed by atoms with E-state index in [-0.39, 0.29) is 62.8 Å². The quantitative estimate of drug-likeness (QED) is 0.0368. The summed E-state index contributed by atoms with van der Waals surface area (Å²) in [6.07, 6.45) is 8.12. The summed E-state index contributed by atoms with van der Waals surface area (Å²) < 4.78 is 57.3. The number of fused-ring (bicyclic) bond motifs is 3. The Hall–Kier alpha value is -4.30. The number of rotatable bonds is 23. The van der Waals surface area contributed by atoms with Crippen LogP contribution >= 0.6 is 0 Å². The fourth-order valence-electron chi connectivity index (χ4n) is 11.3. The molecule has 2 amide bonds. The van der Waals surface area contributed by atoms with Gasteiger partial charge in [0, 0.05) is 70.6 Å². The van der Waals surface area contributed by atoms with Gasteiger partial charge in [-0.2, -0.15) is 0 Å². The SMILES string of the molecule is CCCOCCOCCOCCOCCOCCNC(=O)O[C@@H]1CC[C@@H](C[C@@H](N)[C@@H]2CC(=O)[C@H](C)/C=C(\C)C(O)[C@@H](O)C(=O)[C@H](C)C[C@H](C)/C=C/C=C/C=C(\C)[C@@H](OC)C[C@@H]3CC[C@@H](C)[C@@](O)(O3)C(=O)C(=O)N3CCCC[C@H]3C(=O)O2)C[C@H]1OC. The van der Waals surface area contributed by atoms with Crippen LogP contribution in [0.5, 0.6) is 0 Å². The Kier molecular flexibility index (Phi) is 33.5. The topological polar surface area (TPSA) is 297 Å². The van der Waals surface area contributed by atoms with Gasteiger partial charge in [-0.25, -0.2) is 9.59 Å². The summed E-state index contributed by atoms with van der Waals surface area (Å²) in [5, 5.41) is 37.1. The number of carbonyl (C=O) groups is 6. The van der Waals surface area contributed by atoms with Crippen molar-refractivity contribution in [2.24, 2.45) is 35.3 Å². The Labute approximate surface area is 504 Å². The van der Waals surface area contributed by atoms with Crippen LogP contribution in [0.2, 0.25) is 0 Å². The van der Waals surface area contributed by atoms with Gasteiger partial charge in [0.1, 0.15) is 36.2 Å². The normalized spacial score (nSPS) is 33.6. The summed E-state index contributed by atoms with van der Waals surface area (Å²) in [5.74, 6) is -9.14. The number of alkyl carbamates (subject to hydrolysis) is 1. The molecule has 2 saturated heterocycles. The van der Waals surface area contributed by atoms with E-state index in [1.54, 1.807) is 27.9 Å². The molecular weight excluding hydrogens is 1100 g/mol. The average molecular weight is 1210 g/mol. The Balaban J connectivity index is 1.45. The fourth-order valence-corrected chi connectivity index (χ4v) is 11.3. The first kappa shape index (κ1) is 73.2. The zero-order chi connectivity index (χ0) is 62.5. The molecule has 15 atom stereocenters. The van der Waals surface area contributed by atoms with E-state index in [0.717, 1.165) is 23.5 Å². The number of amides is 2. The van der Waals surface area contributed by atoms with E-state index in [9.17, 15) is 44.1 Å². The minimum atomic E-state index is -2.49. The van der Waals surface area contributed by atoms with Gasteiger partial charge in [0.15, 0.2) is 5.78 Å². The summed E-state index contributed by atoms with van der Waals surface area (Å²) >= 11 is 0. The molecule has 0 aromatic heterocycles. The van der Waals surface area contributed by atoms with Crippen LogP contribution in [-0.2, 0) is 71.3 Å². The second-order valence-corrected chi connectivity index (χ2v) is 23.4. The molecule has 85 heavy (non-hydrogen) atoms. The molecule has 3 fully saturated rings. The Morgan fingerprint density at radius 2 is 1.41 bits per heavy atom. The second-order valence-electron chi connectivity index (χ2n) is 23.4. The van der Waals surface area contributed by atoms with Crippen molar-refractivity contribution in [3.05, 3.63) is 47.6 Å². The molecule has 22 nitrogen and oxygen atoms in total. The maximum atomic E-state index is 14.6. The summed E-state index contributed by atoms with van der Waals surface area (Å²) in [7, 11) is 3.07. The molecule has 2 bridgehead atoms. The lowest BCUT2D eigenvalue weighted by molar-refractivity contribution is -0.265. The van der Waals surface area contributed by atoms with Crippen LogP contribution in [0.1, 0.15) is 132 Å². The lowest BCUT2D eigenvalue weighted by Crippen LogP contribution is -2.61. The maximum Gasteiger partial charge on any atom is 0.407 e. The molecule has 6 N–H and O–H groups in total. The number of cyclic esters (lactones) is 1. The number of methoxy groups -OCH3 is 2. The monoisotopic (exact) mass is 1210 g/mol. The number of piperidine rings is 1.